The monoisotopic (exact) mass is 893 g/mol. The van der Waals surface area contributed by atoms with Crippen LogP contribution in [0.5, 0.6) is 0 Å². The van der Waals surface area contributed by atoms with E-state index >= 15 is 0 Å². The van der Waals surface area contributed by atoms with Crippen LogP contribution < -0.4 is 0 Å². The van der Waals surface area contributed by atoms with Gasteiger partial charge in [-0.2, -0.15) is 0 Å². The molecule has 0 aromatic heterocycles. The summed E-state index contributed by atoms with van der Waals surface area (Å²) >= 11 is 0. The van der Waals surface area contributed by atoms with Crippen LogP contribution in [0.25, 0.3) is 0 Å². The van der Waals surface area contributed by atoms with Crippen LogP contribution in [0.15, 0.2) is 158 Å². The van der Waals surface area contributed by atoms with Gasteiger partial charge in [0.15, 0.2) is 6.10 Å². The highest BCUT2D eigenvalue weighted by Gasteiger charge is 2.19. The summed E-state index contributed by atoms with van der Waals surface area (Å²) in [7, 11) is 0. The highest BCUT2D eigenvalue weighted by molar-refractivity contribution is 5.72. The Morgan fingerprint density at radius 1 is 0.323 bits per heavy atom. The molecule has 65 heavy (non-hydrogen) atoms. The molecule has 0 aromatic rings. The second kappa shape index (κ2) is 51.7. The highest BCUT2D eigenvalue weighted by Crippen LogP contribution is 2.10. The van der Waals surface area contributed by atoms with Gasteiger partial charge in [-0.3, -0.25) is 14.4 Å². The summed E-state index contributed by atoms with van der Waals surface area (Å²) in [6.07, 6.45) is 75.4. The Morgan fingerprint density at radius 3 is 0.954 bits per heavy atom. The Hall–Kier alpha value is -4.97. The molecule has 0 aliphatic carbocycles. The number of unbranched alkanes of at least 4 members (excludes halogenated alkanes) is 6. The van der Waals surface area contributed by atoms with E-state index < -0.39 is 12.1 Å². The molecule has 0 aromatic carbocycles. The van der Waals surface area contributed by atoms with Crippen LogP contribution in [0.4, 0.5) is 0 Å². The molecule has 360 valence electrons. The summed E-state index contributed by atoms with van der Waals surface area (Å²) in [5.41, 5.74) is 0. The summed E-state index contributed by atoms with van der Waals surface area (Å²) in [5, 5.41) is 0. The fourth-order valence-electron chi connectivity index (χ4n) is 5.91. The van der Waals surface area contributed by atoms with E-state index in [4.69, 9.17) is 14.2 Å². The summed E-state index contributed by atoms with van der Waals surface area (Å²) in [4.78, 5) is 37.9. The summed E-state index contributed by atoms with van der Waals surface area (Å²) < 4.78 is 16.6. The number of rotatable bonds is 42. The molecule has 0 fully saturated rings. The zero-order valence-corrected chi connectivity index (χ0v) is 40.9. The number of hydrogen-bond donors (Lipinski definition) is 0. The van der Waals surface area contributed by atoms with Crippen molar-refractivity contribution in [2.75, 3.05) is 13.2 Å². The van der Waals surface area contributed by atoms with E-state index in [-0.39, 0.29) is 38.0 Å². The first-order chi connectivity index (χ1) is 32.0. The maximum Gasteiger partial charge on any atom is 0.310 e. The summed E-state index contributed by atoms with van der Waals surface area (Å²) in [6, 6.07) is 0. The van der Waals surface area contributed by atoms with E-state index in [9.17, 15) is 14.4 Å². The Balaban J connectivity index is 4.66. The SMILES string of the molecule is CC/C=C\C/C=C\C/C=C\C/C=C\C/C=C\CC(=O)OC(COC(=O)CCCC/C=C\C/C=C\C/C=C\C/C=C\CC)COC(=O)CCCCCC/C=C\C/C=C\C/C=C\C/C=C\CC. The summed E-state index contributed by atoms with van der Waals surface area (Å²) in [6.45, 7) is 6.12. The van der Waals surface area contributed by atoms with Gasteiger partial charge in [0.1, 0.15) is 13.2 Å². The molecular formula is C59H88O6. The lowest BCUT2D eigenvalue weighted by Crippen LogP contribution is -2.30. The van der Waals surface area contributed by atoms with Crippen LogP contribution in [0.2, 0.25) is 0 Å². The van der Waals surface area contributed by atoms with Crippen molar-refractivity contribution < 1.29 is 28.6 Å². The number of carbonyl (C=O) groups excluding carboxylic acids is 3. The molecule has 6 nitrogen and oxygen atoms in total. The van der Waals surface area contributed by atoms with E-state index in [1.165, 1.54) is 0 Å². The van der Waals surface area contributed by atoms with Gasteiger partial charge in [-0.15, -0.1) is 0 Å². The maximum atomic E-state index is 12.7. The third-order valence-electron chi connectivity index (χ3n) is 9.54. The van der Waals surface area contributed by atoms with Crippen LogP contribution in [0, 0.1) is 0 Å². The maximum absolute atomic E-state index is 12.7. The van der Waals surface area contributed by atoms with E-state index in [0.29, 0.717) is 19.3 Å². The lowest BCUT2D eigenvalue weighted by atomic mass is 10.1. The van der Waals surface area contributed by atoms with Crippen molar-refractivity contribution in [3.05, 3.63) is 158 Å². The topological polar surface area (TPSA) is 78.9 Å². The quantitative estimate of drug-likeness (QED) is 0.0263. The highest BCUT2D eigenvalue weighted by atomic mass is 16.6. The predicted molar refractivity (Wildman–Crippen MR) is 278 cm³/mol. The minimum absolute atomic E-state index is 0.0735. The predicted octanol–water partition coefficient (Wildman–Crippen LogP) is 16.6. The molecule has 0 amide bonds. The molecule has 0 bridgehead atoms. The lowest BCUT2D eigenvalue weighted by molar-refractivity contribution is -0.166. The standard InChI is InChI=1S/C59H88O6/c1-4-7-10-13-16-19-22-25-28-29-32-34-37-40-43-46-49-52-58(61)64-55-56(65-59(62)53-50-47-44-41-38-35-31-27-24-21-18-15-12-9-6-3)54-63-57(60)51-48-45-42-39-36-33-30-26-23-20-17-14-11-8-5-2/h7-12,16-21,25-28,30-32,34,36,38-39,41,47,50,56H,4-6,13-15,22-24,29,33,35,37,40,42-46,48-49,51-55H2,1-3H3/b10-7-,11-8-,12-9-,19-16-,20-17-,21-18-,28-25-,30-26-,31-27-,34-32-,39-36-,41-38-,50-47-. The Kier molecular flexibility index (Phi) is 47.7. The van der Waals surface area contributed by atoms with Crippen molar-refractivity contribution >= 4 is 17.9 Å². The molecule has 0 N–H and O–H groups in total. The van der Waals surface area contributed by atoms with E-state index in [1.807, 2.05) is 6.08 Å². The Morgan fingerprint density at radius 2 is 0.600 bits per heavy atom. The molecule has 0 heterocycles. The lowest BCUT2D eigenvalue weighted by Gasteiger charge is -2.18. The number of esters is 3. The number of hydrogen-bond acceptors (Lipinski definition) is 6. The average molecular weight is 893 g/mol. The van der Waals surface area contributed by atoms with Gasteiger partial charge in [0.25, 0.3) is 0 Å². The molecule has 1 atom stereocenters. The first-order valence-corrected chi connectivity index (χ1v) is 25.0. The van der Waals surface area contributed by atoms with Crippen molar-refractivity contribution in [3.63, 3.8) is 0 Å². The molecule has 0 rings (SSSR count). The number of ether oxygens (including phenoxy) is 3. The Labute approximate surface area is 397 Å². The van der Waals surface area contributed by atoms with Gasteiger partial charge in [0.05, 0.1) is 6.42 Å². The van der Waals surface area contributed by atoms with Gasteiger partial charge >= 0.3 is 17.9 Å². The van der Waals surface area contributed by atoms with Crippen LogP contribution >= 0.6 is 0 Å². The van der Waals surface area contributed by atoms with Gasteiger partial charge in [0.2, 0.25) is 0 Å². The first kappa shape index (κ1) is 60.0. The van der Waals surface area contributed by atoms with Crippen molar-refractivity contribution in [1.29, 1.82) is 0 Å². The van der Waals surface area contributed by atoms with Gasteiger partial charge in [-0.1, -0.05) is 192 Å². The fraction of sp³-hybridized carbons (Fsp3) is 0.508. The molecule has 0 saturated carbocycles. The van der Waals surface area contributed by atoms with Crippen molar-refractivity contribution in [2.24, 2.45) is 0 Å². The molecule has 1 unspecified atom stereocenters. The third kappa shape index (κ3) is 49.9. The smallest absolute Gasteiger partial charge is 0.310 e. The molecular weight excluding hydrogens is 805 g/mol. The largest absolute Gasteiger partial charge is 0.462 e. The van der Waals surface area contributed by atoms with Crippen molar-refractivity contribution in [2.45, 2.75) is 181 Å². The zero-order valence-electron chi connectivity index (χ0n) is 40.9. The van der Waals surface area contributed by atoms with E-state index in [1.54, 1.807) is 6.08 Å². The fourth-order valence-corrected chi connectivity index (χ4v) is 5.91. The van der Waals surface area contributed by atoms with Crippen LogP contribution in [-0.4, -0.2) is 37.2 Å². The molecule has 0 aliphatic heterocycles. The molecule has 0 radical (unpaired) electrons. The van der Waals surface area contributed by atoms with E-state index in [2.05, 4.69) is 167 Å². The van der Waals surface area contributed by atoms with Crippen molar-refractivity contribution in [3.8, 4) is 0 Å². The minimum atomic E-state index is -0.867. The van der Waals surface area contributed by atoms with Gasteiger partial charge in [-0.25, -0.2) is 0 Å². The summed E-state index contributed by atoms with van der Waals surface area (Å²) in [5.74, 6) is -1.16. The first-order valence-electron chi connectivity index (χ1n) is 25.0. The Bertz CT molecular complexity index is 1540. The third-order valence-corrected chi connectivity index (χ3v) is 9.54. The van der Waals surface area contributed by atoms with Crippen LogP contribution in [0.1, 0.15) is 175 Å². The van der Waals surface area contributed by atoms with Gasteiger partial charge in [-0.05, 0) is 122 Å². The minimum Gasteiger partial charge on any atom is -0.462 e. The number of allylic oxidation sites excluding steroid dienone is 25. The zero-order chi connectivity index (χ0) is 47.2. The second-order valence-corrected chi connectivity index (χ2v) is 15.6. The number of carbonyl (C=O) groups is 3. The average Bonchev–Trinajstić information content (AvgIpc) is 3.30. The van der Waals surface area contributed by atoms with Crippen LogP contribution in [-0.2, 0) is 28.6 Å². The molecule has 6 heteroatoms. The molecule has 0 aliphatic rings. The van der Waals surface area contributed by atoms with Gasteiger partial charge in [0, 0.05) is 12.8 Å². The molecule has 0 spiro atoms. The second-order valence-electron chi connectivity index (χ2n) is 15.6. The normalized spacial score (nSPS) is 13.5. The van der Waals surface area contributed by atoms with Gasteiger partial charge < -0.3 is 14.2 Å². The van der Waals surface area contributed by atoms with Crippen molar-refractivity contribution in [1.82, 2.24) is 0 Å². The van der Waals surface area contributed by atoms with E-state index in [0.717, 1.165) is 122 Å². The molecule has 0 saturated heterocycles. The van der Waals surface area contributed by atoms with Crippen LogP contribution in [0.3, 0.4) is 0 Å².